The van der Waals surface area contributed by atoms with Crippen molar-refractivity contribution >= 4 is 0 Å². The zero-order valence-corrected chi connectivity index (χ0v) is 12.4. The monoisotopic (exact) mass is 254 g/mol. The lowest BCUT2D eigenvalue weighted by Crippen LogP contribution is -2.61. The number of nitrogens with two attached hydrogens (primary N) is 1. The average Bonchev–Trinajstić information content (AvgIpc) is 2.51. The van der Waals surface area contributed by atoms with Gasteiger partial charge >= 0.3 is 0 Å². The van der Waals surface area contributed by atoms with Gasteiger partial charge in [0, 0.05) is 25.2 Å². The van der Waals surface area contributed by atoms with Gasteiger partial charge in [0.2, 0.25) is 0 Å². The van der Waals surface area contributed by atoms with E-state index in [2.05, 4.69) is 25.7 Å². The molecule has 2 fully saturated rings. The number of nitrogens with zero attached hydrogens (tertiary/aromatic N) is 1. The number of rotatable bonds is 2. The molecule has 3 nitrogen and oxygen atoms in total. The van der Waals surface area contributed by atoms with Crippen LogP contribution in [0.15, 0.2) is 0 Å². The van der Waals surface area contributed by atoms with Gasteiger partial charge in [-0.2, -0.15) is 0 Å². The van der Waals surface area contributed by atoms with Gasteiger partial charge in [0.05, 0.1) is 12.2 Å². The Morgan fingerprint density at radius 2 is 2.06 bits per heavy atom. The summed E-state index contributed by atoms with van der Waals surface area (Å²) >= 11 is 0. The van der Waals surface area contributed by atoms with Gasteiger partial charge in [-0.3, -0.25) is 4.90 Å². The van der Waals surface area contributed by atoms with Crippen LogP contribution in [0, 0.1) is 5.92 Å². The van der Waals surface area contributed by atoms with Crippen LogP contribution in [0.3, 0.4) is 0 Å². The Bertz CT molecular complexity index is 280. The highest BCUT2D eigenvalue weighted by Crippen LogP contribution is 2.36. The minimum absolute atomic E-state index is 0.0155. The number of morpholine rings is 1. The van der Waals surface area contributed by atoms with Crippen molar-refractivity contribution in [2.75, 3.05) is 26.2 Å². The van der Waals surface area contributed by atoms with Crippen LogP contribution in [0.1, 0.15) is 52.9 Å². The molecule has 18 heavy (non-hydrogen) atoms. The standard InChI is InChI=1S/C15H30N2O/c1-13-5-4-7-15(11-16,8-6-13)17-9-10-18-14(2,3)12-17/h13H,4-12,16H2,1-3H3. The molecule has 0 aromatic carbocycles. The summed E-state index contributed by atoms with van der Waals surface area (Å²) in [4.78, 5) is 2.63. The highest BCUT2D eigenvalue weighted by atomic mass is 16.5. The first-order valence-electron chi connectivity index (χ1n) is 7.57. The third kappa shape index (κ3) is 3.06. The number of ether oxygens (including phenoxy) is 1. The molecule has 1 heterocycles. The molecule has 1 aliphatic carbocycles. The van der Waals surface area contributed by atoms with Gasteiger partial charge in [-0.1, -0.05) is 19.8 Å². The SMILES string of the molecule is CC1CCCC(CN)(N2CCOC(C)(C)C2)CC1. The largest absolute Gasteiger partial charge is 0.373 e. The van der Waals surface area contributed by atoms with Crippen molar-refractivity contribution in [1.29, 1.82) is 0 Å². The molecule has 1 aliphatic heterocycles. The van der Waals surface area contributed by atoms with E-state index in [4.69, 9.17) is 10.5 Å². The summed E-state index contributed by atoms with van der Waals surface area (Å²) in [5, 5.41) is 0. The Morgan fingerprint density at radius 1 is 1.28 bits per heavy atom. The quantitative estimate of drug-likeness (QED) is 0.769. The van der Waals surface area contributed by atoms with Crippen molar-refractivity contribution in [1.82, 2.24) is 4.90 Å². The van der Waals surface area contributed by atoms with Gasteiger partial charge in [-0.05, 0) is 39.0 Å². The molecule has 0 amide bonds. The summed E-state index contributed by atoms with van der Waals surface area (Å²) in [6.07, 6.45) is 6.56. The molecule has 2 atom stereocenters. The first kappa shape index (κ1) is 14.3. The fourth-order valence-corrected chi connectivity index (χ4v) is 3.63. The Kier molecular flexibility index (Phi) is 4.35. The van der Waals surface area contributed by atoms with Crippen molar-refractivity contribution in [2.24, 2.45) is 11.7 Å². The molecular formula is C15H30N2O. The molecule has 0 spiro atoms. The zero-order valence-electron chi connectivity index (χ0n) is 12.4. The number of hydrogen-bond donors (Lipinski definition) is 1. The molecule has 2 N–H and O–H groups in total. The van der Waals surface area contributed by atoms with E-state index < -0.39 is 0 Å². The molecule has 0 radical (unpaired) electrons. The molecular weight excluding hydrogens is 224 g/mol. The van der Waals surface area contributed by atoms with Crippen LogP contribution in [-0.4, -0.2) is 42.3 Å². The fourth-order valence-electron chi connectivity index (χ4n) is 3.63. The molecule has 1 saturated heterocycles. The van der Waals surface area contributed by atoms with Crippen LogP contribution in [0.2, 0.25) is 0 Å². The molecule has 0 aromatic heterocycles. The molecule has 0 aromatic rings. The van der Waals surface area contributed by atoms with E-state index in [0.29, 0.717) is 0 Å². The van der Waals surface area contributed by atoms with E-state index in [0.717, 1.165) is 32.2 Å². The van der Waals surface area contributed by atoms with E-state index >= 15 is 0 Å². The molecule has 2 rings (SSSR count). The van der Waals surface area contributed by atoms with Gasteiger partial charge < -0.3 is 10.5 Å². The second kappa shape index (κ2) is 5.48. The van der Waals surface area contributed by atoms with Crippen molar-refractivity contribution in [3.05, 3.63) is 0 Å². The lowest BCUT2D eigenvalue weighted by atomic mass is 9.86. The topological polar surface area (TPSA) is 38.5 Å². The summed E-state index contributed by atoms with van der Waals surface area (Å²) in [7, 11) is 0. The van der Waals surface area contributed by atoms with Crippen LogP contribution >= 0.6 is 0 Å². The van der Waals surface area contributed by atoms with Gasteiger partial charge in [0.1, 0.15) is 0 Å². The van der Waals surface area contributed by atoms with E-state index in [9.17, 15) is 0 Å². The minimum Gasteiger partial charge on any atom is -0.373 e. The van der Waals surface area contributed by atoms with Crippen LogP contribution in [0.25, 0.3) is 0 Å². The van der Waals surface area contributed by atoms with Crippen LogP contribution in [0.5, 0.6) is 0 Å². The Balaban J connectivity index is 2.10. The Hall–Kier alpha value is -0.120. The second-order valence-corrected chi connectivity index (χ2v) is 6.99. The third-order valence-corrected chi connectivity index (χ3v) is 4.92. The molecule has 2 aliphatic rings. The van der Waals surface area contributed by atoms with Crippen molar-refractivity contribution in [3.8, 4) is 0 Å². The van der Waals surface area contributed by atoms with Gasteiger partial charge in [-0.15, -0.1) is 0 Å². The van der Waals surface area contributed by atoms with Gasteiger partial charge in [0.15, 0.2) is 0 Å². The lowest BCUT2D eigenvalue weighted by Gasteiger charge is -2.49. The van der Waals surface area contributed by atoms with E-state index in [1.54, 1.807) is 0 Å². The summed E-state index contributed by atoms with van der Waals surface area (Å²) in [6, 6.07) is 0. The molecule has 2 unspecified atom stereocenters. The predicted octanol–water partition coefficient (Wildman–Crippen LogP) is 2.39. The Morgan fingerprint density at radius 3 is 2.72 bits per heavy atom. The summed E-state index contributed by atoms with van der Waals surface area (Å²) < 4.78 is 5.85. The Labute approximate surface area is 112 Å². The highest BCUT2D eigenvalue weighted by Gasteiger charge is 2.41. The van der Waals surface area contributed by atoms with Crippen molar-refractivity contribution in [2.45, 2.75) is 64.0 Å². The summed E-state index contributed by atoms with van der Waals surface area (Å²) in [6.45, 7) is 10.5. The van der Waals surface area contributed by atoms with E-state index in [1.807, 2.05) is 0 Å². The highest BCUT2D eigenvalue weighted by molar-refractivity contribution is 4.97. The van der Waals surface area contributed by atoms with Crippen LogP contribution < -0.4 is 5.73 Å². The molecule has 1 saturated carbocycles. The van der Waals surface area contributed by atoms with Crippen LogP contribution in [0.4, 0.5) is 0 Å². The zero-order chi connectivity index (χ0) is 13.2. The fraction of sp³-hybridized carbons (Fsp3) is 1.00. The maximum absolute atomic E-state index is 6.19. The van der Waals surface area contributed by atoms with E-state index in [1.165, 1.54) is 32.1 Å². The van der Waals surface area contributed by atoms with Gasteiger partial charge in [0.25, 0.3) is 0 Å². The third-order valence-electron chi connectivity index (χ3n) is 4.92. The van der Waals surface area contributed by atoms with Crippen molar-refractivity contribution < 1.29 is 4.74 Å². The van der Waals surface area contributed by atoms with Gasteiger partial charge in [-0.25, -0.2) is 0 Å². The lowest BCUT2D eigenvalue weighted by molar-refractivity contribution is -0.118. The summed E-state index contributed by atoms with van der Waals surface area (Å²) in [5.74, 6) is 0.868. The first-order valence-corrected chi connectivity index (χ1v) is 7.57. The second-order valence-electron chi connectivity index (χ2n) is 6.99. The maximum atomic E-state index is 6.19. The molecule has 3 heteroatoms. The minimum atomic E-state index is -0.0155. The maximum Gasteiger partial charge on any atom is 0.0753 e. The molecule has 106 valence electrons. The van der Waals surface area contributed by atoms with Crippen LogP contribution in [-0.2, 0) is 4.74 Å². The first-order chi connectivity index (χ1) is 8.47. The predicted molar refractivity (Wildman–Crippen MR) is 75.6 cm³/mol. The smallest absolute Gasteiger partial charge is 0.0753 e. The van der Waals surface area contributed by atoms with E-state index in [-0.39, 0.29) is 11.1 Å². The summed E-state index contributed by atoms with van der Waals surface area (Å²) in [5.41, 5.74) is 6.42. The normalized spacial score (nSPS) is 38.3. The van der Waals surface area contributed by atoms with Crippen molar-refractivity contribution in [3.63, 3.8) is 0 Å². The average molecular weight is 254 g/mol. The number of hydrogen-bond acceptors (Lipinski definition) is 3. The molecule has 0 bridgehead atoms.